The van der Waals surface area contributed by atoms with Crippen LogP contribution >= 0.6 is 12.4 Å². The molecule has 1 aromatic heterocycles. The second-order valence-electron chi connectivity index (χ2n) is 6.30. The lowest BCUT2D eigenvalue weighted by Crippen LogP contribution is -2.47. The van der Waals surface area contributed by atoms with Gasteiger partial charge in [-0.1, -0.05) is 20.8 Å². The van der Waals surface area contributed by atoms with Crippen LogP contribution in [0.25, 0.3) is 0 Å². The molecule has 1 fully saturated rings. The zero-order valence-corrected chi connectivity index (χ0v) is 13.3. The summed E-state index contributed by atoms with van der Waals surface area (Å²) < 4.78 is 0. The molecule has 1 unspecified atom stereocenters. The lowest BCUT2D eigenvalue weighted by atomic mass is 9.92. The van der Waals surface area contributed by atoms with Crippen LogP contribution in [0.2, 0.25) is 0 Å². The Morgan fingerprint density at radius 2 is 2.20 bits per heavy atom. The Bertz CT molecular complexity index is 452. The van der Waals surface area contributed by atoms with E-state index in [4.69, 9.17) is 5.73 Å². The molecule has 0 radical (unpaired) electrons. The first kappa shape index (κ1) is 17.0. The number of hydrogen-bond donors (Lipinski definition) is 2. The number of nitrogens with two attached hydrogens (primary N) is 1. The maximum absolute atomic E-state index is 12.5. The Balaban J connectivity index is 0.00000200. The summed E-state index contributed by atoms with van der Waals surface area (Å²) in [5.41, 5.74) is 7.22. The van der Waals surface area contributed by atoms with Crippen LogP contribution in [0.3, 0.4) is 0 Å². The van der Waals surface area contributed by atoms with Crippen LogP contribution < -0.4 is 5.73 Å². The molecule has 1 amide bonds. The van der Waals surface area contributed by atoms with Crippen molar-refractivity contribution >= 4 is 18.3 Å². The third-order valence-corrected chi connectivity index (χ3v) is 3.77. The monoisotopic (exact) mass is 300 g/mol. The van der Waals surface area contributed by atoms with Crippen molar-refractivity contribution in [1.82, 2.24) is 15.1 Å². The number of H-pyrrole nitrogens is 1. The average Bonchev–Trinajstić information content (AvgIpc) is 2.87. The Labute approximate surface area is 126 Å². The molecule has 0 spiro atoms. The van der Waals surface area contributed by atoms with Gasteiger partial charge < -0.3 is 10.6 Å². The fourth-order valence-electron chi connectivity index (χ4n) is 2.48. The summed E-state index contributed by atoms with van der Waals surface area (Å²) in [7, 11) is 0. The standard InChI is InChI=1S/C14H24N4O.ClH/c1-14(2,3)12-8-11(16-17-12)13(19)18-7-5-4-6-10(18)9-15;/h8,10H,4-7,9,15H2,1-3H3,(H,16,17);1H. The zero-order chi connectivity index (χ0) is 14.0. The summed E-state index contributed by atoms with van der Waals surface area (Å²) >= 11 is 0. The van der Waals surface area contributed by atoms with E-state index in [1.165, 1.54) is 0 Å². The van der Waals surface area contributed by atoms with Gasteiger partial charge in [-0.05, 0) is 25.3 Å². The molecule has 114 valence electrons. The van der Waals surface area contributed by atoms with E-state index in [1.807, 2.05) is 11.0 Å². The van der Waals surface area contributed by atoms with Crippen LogP contribution in [0.5, 0.6) is 0 Å². The number of hydrogen-bond acceptors (Lipinski definition) is 3. The number of carbonyl (C=O) groups is 1. The molecule has 0 saturated carbocycles. The number of nitrogens with one attached hydrogen (secondary N) is 1. The second kappa shape index (κ2) is 6.59. The number of piperidine rings is 1. The van der Waals surface area contributed by atoms with Crippen LogP contribution in [-0.2, 0) is 5.41 Å². The summed E-state index contributed by atoms with van der Waals surface area (Å²) in [6, 6.07) is 2.03. The first-order chi connectivity index (χ1) is 8.93. The van der Waals surface area contributed by atoms with Crippen molar-refractivity contribution in [3.63, 3.8) is 0 Å². The summed E-state index contributed by atoms with van der Waals surface area (Å²) in [6.07, 6.45) is 3.21. The smallest absolute Gasteiger partial charge is 0.274 e. The number of halogens is 1. The van der Waals surface area contributed by atoms with Gasteiger partial charge in [0.1, 0.15) is 5.69 Å². The van der Waals surface area contributed by atoms with Gasteiger partial charge in [0.05, 0.1) is 0 Å². The molecular formula is C14H25ClN4O. The summed E-state index contributed by atoms with van der Waals surface area (Å²) in [5, 5.41) is 7.14. The molecule has 1 aliphatic rings. The molecule has 5 nitrogen and oxygen atoms in total. The van der Waals surface area contributed by atoms with E-state index in [9.17, 15) is 4.79 Å². The average molecular weight is 301 g/mol. The van der Waals surface area contributed by atoms with E-state index in [0.29, 0.717) is 12.2 Å². The van der Waals surface area contributed by atoms with Crippen LogP contribution in [-0.4, -0.2) is 40.1 Å². The molecule has 2 rings (SSSR count). The highest BCUT2D eigenvalue weighted by atomic mass is 35.5. The highest BCUT2D eigenvalue weighted by Gasteiger charge is 2.28. The molecule has 1 atom stereocenters. The number of rotatable bonds is 2. The van der Waals surface area contributed by atoms with Crippen molar-refractivity contribution in [3.05, 3.63) is 17.5 Å². The molecular weight excluding hydrogens is 276 g/mol. The number of likely N-dealkylation sites (tertiary alicyclic amines) is 1. The van der Waals surface area contributed by atoms with Crippen molar-refractivity contribution in [2.24, 2.45) is 5.73 Å². The Morgan fingerprint density at radius 1 is 1.50 bits per heavy atom. The Hall–Kier alpha value is -1.07. The number of aromatic amines is 1. The highest BCUT2D eigenvalue weighted by molar-refractivity contribution is 5.92. The van der Waals surface area contributed by atoms with Gasteiger partial charge in [-0.25, -0.2) is 0 Å². The van der Waals surface area contributed by atoms with E-state index >= 15 is 0 Å². The maximum Gasteiger partial charge on any atom is 0.274 e. The molecule has 0 aliphatic carbocycles. The number of amides is 1. The van der Waals surface area contributed by atoms with Crippen molar-refractivity contribution in [3.8, 4) is 0 Å². The summed E-state index contributed by atoms with van der Waals surface area (Å²) in [4.78, 5) is 14.4. The van der Waals surface area contributed by atoms with Gasteiger partial charge in [0.2, 0.25) is 0 Å². The quantitative estimate of drug-likeness (QED) is 0.878. The highest BCUT2D eigenvalue weighted by Crippen LogP contribution is 2.23. The van der Waals surface area contributed by atoms with E-state index in [2.05, 4.69) is 31.0 Å². The predicted octanol–water partition coefficient (Wildman–Crippen LogP) is 2.08. The molecule has 0 bridgehead atoms. The van der Waals surface area contributed by atoms with Crippen molar-refractivity contribution in [2.45, 2.75) is 51.5 Å². The second-order valence-corrected chi connectivity index (χ2v) is 6.30. The van der Waals surface area contributed by atoms with Crippen molar-refractivity contribution in [1.29, 1.82) is 0 Å². The normalized spacial score (nSPS) is 19.6. The van der Waals surface area contributed by atoms with Crippen LogP contribution in [0.15, 0.2) is 6.07 Å². The Kier molecular flexibility index (Phi) is 5.59. The SMILES string of the molecule is CC(C)(C)c1cc(C(=O)N2CCCCC2CN)n[nH]1.Cl. The van der Waals surface area contributed by atoms with Gasteiger partial charge in [-0.3, -0.25) is 9.89 Å². The van der Waals surface area contributed by atoms with Crippen LogP contribution in [0.1, 0.15) is 56.2 Å². The van der Waals surface area contributed by atoms with Gasteiger partial charge in [0, 0.05) is 30.2 Å². The molecule has 3 N–H and O–H groups in total. The number of carbonyl (C=O) groups excluding carboxylic acids is 1. The van der Waals surface area contributed by atoms with Gasteiger partial charge in [0.15, 0.2) is 0 Å². The van der Waals surface area contributed by atoms with E-state index in [1.54, 1.807) is 0 Å². The van der Waals surface area contributed by atoms with Crippen LogP contribution in [0.4, 0.5) is 0 Å². The first-order valence-electron chi connectivity index (χ1n) is 7.00. The first-order valence-corrected chi connectivity index (χ1v) is 7.00. The fourth-order valence-corrected chi connectivity index (χ4v) is 2.48. The molecule has 1 aliphatic heterocycles. The summed E-state index contributed by atoms with van der Waals surface area (Å²) in [6.45, 7) is 7.61. The van der Waals surface area contributed by atoms with Gasteiger partial charge in [-0.15, -0.1) is 12.4 Å². The summed E-state index contributed by atoms with van der Waals surface area (Å²) in [5.74, 6) is 0.00176. The van der Waals surface area contributed by atoms with E-state index < -0.39 is 0 Å². The molecule has 1 aromatic rings. The van der Waals surface area contributed by atoms with Gasteiger partial charge >= 0.3 is 0 Å². The number of aromatic nitrogens is 2. The minimum Gasteiger partial charge on any atom is -0.333 e. The molecule has 6 heteroatoms. The zero-order valence-electron chi connectivity index (χ0n) is 12.5. The lowest BCUT2D eigenvalue weighted by molar-refractivity contribution is 0.0617. The molecule has 0 aromatic carbocycles. The lowest BCUT2D eigenvalue weighted by Gasteiger charge is -2.34. The third-order valence-electron chi connectivity index (χ3n) is 3.77. The maximum atomic E-state index is 12.5. The minimum absolute atomic E-state index is 0. The Morgan fingerprint density at radius 3 is 2.75 bits per heavy atom. The minimum atomic E-state index is -0.0271. The predicted molar refractivity (Wildman–Crippen MR) is 82.3 cm³/mol. The molecule has 2 heterocycles. The third kappa shape index (κ3) is 3.52. The number of nitrogens with zero attached hydrogens (tertiary/aromatic N) is 2. The van der Waals surface area contributed by atoms with Gasteiger partial charge in [-0.2, -0.15) is 5.10 Å². The van der Waals surface area contributed by atoms with E-state index in [-0.39, 0.29) is 29.8 Å². The fraction of sp³-hybridized carbons (Fsp3) is 0.714. The van der Waals surface area contributed by atoms with Crippen molar-refractivity contribution in [2.75, 3.05) is 13.1 Å². The van der Waals surface area contributed by atoms with Crippen LogP contribution in [0, 0.1) is 0 Å². The molecule has 1 saturated heterocycles. The van der Waals surface area contributed by atoms with Crippen molar-refractivity contribution < 1.29 is 4.79 Å². The van der Waals surface area contributed by atoms with Gasteiger partial charge in [0.25, 0.3) is 5.91 Å². The topological polar surface area (TPSA) is 75.0 Å². The van der Waals surface area contributed by atoms with E-state index in [0.717, 1.165) is 31.5 Å². The largest absolute Gasteiger partial charge is 0.333 e. The molecule has 20 heavy (non-hydrogen) atoms.